The van der Waals surface area contributed by atoms with Gasteiger partial charge in [-0.25, -0.2) is 18.7 Å². The maximum Gasteiger partial charge on any atom is 0.279 e. The van der Waals surface area contributed by atoms with Crippen molar-refractivity contribution in [3.05, 3.63) is 57.2 Å². The third-order valence-electron chi connectivity index (χ3n) is 3.16. The van der Waals surface area contributed by atoms with Crippen molar-refractivity contribution in [3.63, 3.8) is 0 Å². The van der Waals surface area contributed by atoms with E-state index in [0.717, 1.165) is 11.8 Å². The van der Waals surface area contributed by atoms with Gasteiger partial charge in [-0.05, 0) is 31.5 Å². The summed E-state index contributed by atoms with van der Waals surface area (Å²) in [6, 6.07) is 3.29. The van der Waals surface area contributed by atoms with Gasteiger partial charge < -0.3 is 5.32 Å². The highest BCUT2D eigenvalue weighted by Crippen LogP contribution is 2.26. The monoisotopic (exact) mass is 380 g/mol. The van der Waals surface area contributed by atoms with Gasteiger partial charge in [-0.1, -0.05) is 0 Å². The second kappa shape index (κ2) is 7.24. The molecule has 0 fully saturated rings. The van der Waals surface area contributed by atoms with Gasteiger partial charge in [0.05, 0.1) is 10.7 Å². The molecule has 1 aromatic carbocycles. The molecule has 0 unspecified atom stereocenters. The van der Waals surface area contributed by atoms with Crippen molar-refractivity contribution in [2.75, 3.05) is 10.6 Å². The fourth-order valence-corrected chi connectivity index (χ4v) is 3.66. The van der Waals surface area contributed by atoms with Crippen LogP contribution in [0.4, 0.5) is 18.9 Å². The highest BCUT2D eigenvalue weighted by Gasteiger charge is 2.18. The first kappa shape index (κ1) is 17.4. The highest BCUT2D eigenvalue weighted by atomic mass is 32.1. The Balaban J connectivity index is 1.75. The minimum atomic E-state index is -0.644. The third-order valence-corrected chi connectivity index (χ3v) is 4.97. The van der Waals surface area contributed by atoms with Crippen molar-refractivity contribution >= 4 is 38.7 Å². The molecule has 3 rings (SSSR count). The van der Waals surface area contributed by atoms with Crippen molar-refractivity contribution in [2.45, 2.75) is 20.4 Å². The van der Waals surface area contributed by atoms with Crippen molar-refractivity contribution in [3.8, 4) is 0 Å². The average Bonchev–Trinajstić information content (AvgIpc) is 3.10. The molecular weight excluding hydrogens is 366 g/mol. The first-order valence-electron chi connectivity index (χ1n) is 7.30. The quantitative estimate of drug-likeness (QED) is 0.690. The lowest BCUT2D eigenvalue weighted by Crippen LogP contribution is -2.14. The summed E-state index contributed by atoms with van der Waals surface area (Å²) >= 11 is 2.63. The number of aryl methyl sites for hydroxylation is 2. The predicted octanol–water partition coefficient (Wildman–Crippen LogP) is 4.36. The van der Waals surface area contributed by atoms with Crippen molar-refractivity contribution in [1.82, 2.24) is 9.97 Å². The Bertz CT molecular complexity index is 903. The summed E-state index contributed by atoms with van der Waals surface area (Å²) in [6.45, 7) is 3.79. The van der Waals surface area contributed by atoms with Gasteiger partial charge in [0.25, 0.3) is 5.91 Å². The SMILES string of the molecule is Cc1csc(NC(=O)c2nc(C)sc2NCc2cc(F)cc(F)c2)n1. The van der Waals surface area contributed by atoms with Crippen LogP contribution in [-0.4, -0.2) is 15.9 Å². The zero-order valence-electron chi connectivity index (χ0n) is 13.4. The molecule has 1 amide bonds. The molecule has 2 aromatic heterocycles. The van der Waals surface area contributed by atoms with Crippen LogP contribution < -0.4 is 10.6 Å². The van der Waals surface area contributed by atoms with Crippen LogP contribution in [0.2, 0.25) is 0 Å². The number of carbonyl (C=O) groups is 1. The summed E-state index contributed by atoms with van der Waals surface area (Å²) in [5.41, 5.74) is 1.49. The molecule has 0 saturated heterocycles. The fourth-order valence-electron chi connectivity index (χ4n) is 2.16. The van der Waals surface area contributed by atoms with Crippen LogP contribution >= 0.6 is 22.7 Å². The van der Waals surface area contributed by atoms with Gasteiger partial charge >= 0.3 is 0 Å². The number of hydrogen-bond acceptors (Lipinski definition) is 6. The van der Waals surface area contributed by atoms with Crippen LogP contribution in [0.1, 0.15) is 26.8 Å². The fraction of sp³-hybridized carbons (Fsp3) is 0.188. The number of amides is 1. The number of rotatable bonds is 5. The predicted molar refractivity (Wildman–Crippen MR) is 95.3 cm³/mol. The van der Waals surface area contributed by atoms with E-state index in [4.69, 9.17) is 0 Å². The van der Waals surface area contributed by atoms with E-state index in [0.29, 0.717) is 20.7 Å². The van der Waals surface area contributed by atoms with E-state index in [1.54, 1.807) is 6.92 Å². The summed E-state index contributed by atoms with van der Waals surface area (Å²) in [5.74, 6) is -1.67. The largest absolute Gasteiger partial charge is 0.371 e. The molecule has 130 valence electrons. The van der Waals surface area contributed by atoms with Crippen LogP contribution in [0.3, 0.4) is 0 Å². The second-order valence-electron chi connectivity index (χ2n) is 5.29. The molecule has 0 saturated carbocycles. The van der Waals surface area contributed by atoms with E-state index in [-0.39, 0.29) is 18.1 Å². The molecule has 0 atom stereocenters. The molecule has 2 heterocycles. The van der Waals surface area contributed by atoms with Gasteiger partial charge in [-0.3, -0.25) is 10.1 Å². The van der Waals surface area contributed by atoms with E-state index in [1.807, 2.05) is 12.3 Å². The summed E-state index contributed by atoms with van der Waals surface area (Å²) in [7, 11) is 0. The molecule has 25 heavy (non-hydrogen) atoms. The lowest BCUT2D eigenvalue weighted by Gasteiger charge is -2.07. The van der Waals surface area contributed by atoms with Crippen LogP contribution in [0, 0.1) is 25.5 Å². The number of nitrogens with zero attached hydrogens (tertiary/aromatic N) is 2. The standard InChI is InChI=1S/C16H14F2N4OS2/c1-8-7-24-16(20-8)22-14(23)13-15(25-9(2)21-13)19-6-10-3-11(17)5-12(18)4-10/h3-5,7,19H,6H2,1-2H3,(H,20,22,23). The summed E-state index contributed by atoms with van der Waals surface area (Å²) < 4.78 is 26.5. The lowest BCUT2D eigenvalue weighted by molar-refractivity contribution is 0.102. The van der Waals surface area contributed by atoms with E-state index in [2.05, 4.69) is 20.6 Å². The number of carbonyl (C=O) groups excluding carboxylic acids is 1. The Morgan fingerprint density at radius 2 is 1.88 bits per heavy atom. The number of halogens is 2. The first-order valence-corrected chi connectivity index (χ1v) is 9.00. The van der Waals surface area contributed by atoms with Crippen molar-refractivity contribution in [1.29, 1.82) is 0 Å². The van der Waals surface area contributed by atoms with Gasteiger partial charge in [0.1, 0.15) is 16.6 Å². The minimum absolute atomic E-state index is 0.174. The van der Waals surface area contributed by atoms with Crippen LogP contribution in [0.5, 0.6) is 0 Å². The normalized spacial score (nSPS) is 10.7. The van der Waals surface area contributed by atoms with E-state index in [1.165, 1.54) is 34.8 Å². The van der Waals surface area contributed by atoms with Gasteiger partial charge in [0.15, 0.2) is 10.8 Å². The average molecular weight is 380 g/mol. The summed E-state index contributed by atoms with van der Waals surface area (Å²) in [4.78, 5) is 20.8. The van der Waals surface area contributed by atoms with Crippen molar-refractivity contribution < 1.29 is 13.6 Å². The number of aromatic nitrogens is 2. The van der Waals surface area contributed by atoms with E-state index in [9.17, 15) is 13.6 Å². The maximum atomic E-state index is 13.3. The third kappa shape index (κ3) is 4.37. The summed E-state index contributed by atoms with van der Waals surface area (Å²) in [5, 5.41) is 9.29. The molecule has 0 spiro atoms. The smallest absolute Gasteiger partial charge is 0.279 e. The molecule has 9 heteroatoms. The molecule has 0 aliphatic carbocycles. The highest BCUT2D eigenvalue weighted by molar-refractivity contribution is 7.16. The minimum Gasteiger partial charge on any atom is -0.371 e. The Hall–Kier alpha value is -2.39. The number of nitrogens with one attached hydrogen (secondary N) is 2. The molecule has 5 nitrogen and oxygen atoms in total. The van der Waals surface area contributed by atoms with Crippen LogP contribution in [-0.2, 0) is 6.54 Å². The molecule has 0 aliphatic heterocycles. The zero-order valence-corrected chi connectivity index (χ0v) is 15.0. The number of benzene rings is 1. The number of hydrogen-bond donors (Lipinski definition) is 2. The molecule has 3 aromatic rings. The number of thiazole rings is 2. The van der Waals surface area contributed by atoms with E-state index < -0.39 is 11.6 Å². The van der Waals surface area contributed by atoms with Gasteiger partial charge in [-0.15, -0.1) is 22.7 Å². The van der Waals surface area contributed by atoms with Crippen LogP contribution in [0.25, 0.3) is 0 Å². The maximum absolute atomic E-state index is 13.3. The topological polar surface area (TPSA) is 66.9 Å². The Labute approximate surface area is 150 Å². The van der Waals surface area contributed by atoms with Gasteiger partial charge in [0.2, 0.25) is 0 Å². The number of anilines is 2. The second-order valence-corrected chi connectivity index (χ2v) is 7.35. The zero-order chi connectivity index (χ0) is 18.0. The Morgan fingerprint density at radius 1 is 1.16 bits per heavy atom. The molecule has 0 bridgehead atoms. The van der Waals surface area contributed by atoms with Gasteiger partial charge in [-0.2, -0.15) is 0 Å². The molecule has 0 aliphatic rings. The Kier molecular flexibility index (Phi) is 5.05. The molecular formula is C16H14F2N4OS2. The van der Waals surface area contributed by atoms with Gasteiger partial charge in [0, 0.05) is 18.0 Å². The van der Waals surface area contributed by atoms with Crippen LogP contribution in [0.15, 0.2) is 23.6 Å². The first-order chi connectivity index (χ1) is 11.9. The Morgan fingerprint density at radius 3 is 2.52 bits per heavy atom. The molecule has 0 radical (unpaired) electrons. The lowest BCUT2D eigenvalue weighted by atomic mass is 10.2. The van der Waals surface area contributed by atoms with E-state index >= 15 is 0 Å². The summed E-state index contributed by atoms with van der Waals surface area (Å²) in [6.07, 6.45) is 0. The molecule has 2 N–H and O–H groups in total. The van der Waals surface area contributed by atoms with Crippen molar-refractivity contribution in [2.24, 2.45) is 0 Å².